The molecule has 1 aromatic carbocycles. The van der Waals surface area contributed by atoms with Crippen molar-refractivity contribution in [3.8, 4) is 5.69 Å². The molecular formula is C15H16ClN3O3. The minimum absolute atomic E-state index is 0.0686. The van der Waals surface area contributed by atoms with Gasteiger partial charge < -0.3 is 10.4 Å². The van der Waals surface area contributed by atoms with Gasteiger partial charge >= 0.3 is 5.97 Å². The van der Waals surface area contributed by atoms with Crippen LogP contribution in [0.5, 0.6) is 0 Å². The Balaban J connectivity index is 2.21. The van der Waals surface area contributed by atoms with Crippen molar-refractivity contribution in [3.05, 3.63) is 41.2 Å². The second kappa shape index (κ2) is 7.09. The summed E-state index contributed by atoms with van der Waals surface area (Å²) in [6, 6.07) is 7.25. The highest BCUT2D eigenvalue weighted by Gasteiger charge is 2.14. The van der Waals surface area contributed by atoms with E-state index >= 15 is 0 Å². The molecule has 0 unspecified atom stereocenters. The van der Waals surface area contributed by atoms with Crippen molar-refractivity contribution in [3.63, 3.8) is 0 Å². The number of aromatic nitrogens is 2. The number of aliphatic carboxylic acids is 1. The molecule has 7 heteroatoms. The molecule has 1 aromatic heterocycles. The smallest absolute Gasteiger partial charge is 0.303 e. The van der Waals surface area contributed by atoms with Crippen LogP contribution in [0, 0.1) is 0 Å². The SMILES string of the molecule is CCc1c(NC(=O)CCC(=O)O)cnn1-c1cccc(Cl)c1. The maximum Gasteiger partial charge on any atom is 0.303 e. The lowest BCUT2D eigenvalue weighted by Crippen LogP contribution is -2.14. The van der Waals surface area contributed by atoms with Crippen LogP contribution in [0.25, 0.3) is 5.69 Å². The van der Waals surface area contributed by atoms with Gasteiger partial charge in [0.15, 0.2) is 0 Å². The predicted molar refractivity (Wildman–Crippen MR) is 83.5 cm³/mol. The van der Waals surface area contributed by atoms with Gasteiger partial charge in [0.25, 0.3) is 0 Å². The van der Waals surface area contributed by atoms with Crippen LogP contribution >= 0.6 is 11.6 Å². The Hall–Kier alpha value is -2.34. The number of carboxylic acid groups (broad SMARTS) is 1. The van der Waals surface area contributed by atoms with E-state index < -0.39 is 5.97 Å². The Morgan fingerprint density at radius 2 is 2.14 bits per heavy atom. The average Bonchev–Trinajstić information content (AvgIpc) is 2.87. The van der Waals surface area contributed by atoms with Gasteiger partial charge in [-0.05, 0) is 24.6 Å². The standard InChI is InChI=1S/C15H16ClN3O3/c1-2-13-12(18-14(20)6-7-15(21)22)9-17-19(13)11-5-3-4-10(16)8-11/h3-5,8-9H,2,6-7H2,1H3,(H,18,20)(H,21,22). The normalized spacial score (nSPS) is 10.5. The first-order valence-electron chi connectivity index (χ1n) is 6.85. The van der Waals surface area contributed by atoms with Crippen LogP contribution in [-0.2, 0) is 16.0 Å². The van der Waals surface area contributed by atoms with Gasteiger partial charge in [-0.15, -0.1) is 0 Å². The van der Waals surface area contributed by atoms with Gasteiger partial charge in [0, 0.05) is 11.4 Å². The zero-order valence-corrected chi connectivity index (χ0v) is 12.8. The van der Waals surface area contributed by atoms with Crippen molar-refractivity contribution < 1.29 is 14.7 Å². The Morgan fingerprint density at radius 3 is 2.77 bits per heavy atom. The third-order valence-corrected chi connectivity index (χ3v) is 3.33. The van der Waals surface area contributed by atoms with Crippen LogP contribution in [0.4, 0.5) is 5.69 Å². The highest BCUT2D eigenvalue weighted by atomic mass is 35.5. The van der Waals surface area contributed by atoms with Crippen LogP contribution in [0.2, 0.25) is 5.02 Å². The summed E-state index contributed by atoms with van der Waals surface area (Å²) in [5, 5.41) is 16.2. The van der Waals surface area contributed by atoms with Gasteiger partial charge in [0.2, 0.25) is 5.91 Å². The van der Waals surface area contributed by atoms with Crippen molar-refractivity contribution in [1.29, 1.82) is 0 Å². The van der Waals surface area contributed by atoms with Crippen LogP contribution in [0.15, 0.2) is 30.5 Å². The highest BCUT2D eigenvalue weighted by molar-refractivity contribution is 6.30. The second-order valence-corrected chi connectivity index (χ2v) is 5.13. The lowest BCUT2D eigenvalue weighted by molar-refractivity contribution is -0.138. The first kappa shape index (κ1) is 16.0. The third-order valence-electron chi connectivity index (χ3n) is 3.10. The summed E-state index contributed by atoms with van der Waals surface area (Å²) in [7, 11) is 0. The molecule has 2 aromatic rings. The summed E-state index contributed by atoms with van der Waals surface area (Å²) < 4.78 is 1.71. The summed E-state index contributed by atoms with van der Waals surface area (Å²) in [5.41, 5.74) is 2.21. The molecule has 0 atom stereocenters. The number of halogens is 1. The topological polar surface area (TPSA) is 84.2 Å². The number of nitrogens with zero attached hydrogens (tertiary/aromatic N) is 2. The molecule has 1 amide bonds. The number of carbonyl (C=O) groups excluding carboxylic acids is 1. The highest BCUT2D eigenvalue weighted by Crippen LogP contribution is 2.22. The molecule has 6 nitrogen and oxygen atoms in total. The molecule has 2 N–H and O–H groups in total. The number of nitrogens with one attached hydrogen (secondary N) is 1. The van der Waals surface area contributed by atoms with Crippen molar-refractivity contribution in [2.45, 2.75) is 26.2 Å². The molecule has 0 saturated carbocycles. The van der Waals surface area contributed by atoms with Gasteiger partial charge in [-0.3, -0.25) is 9.59 Å². The molecule has 0 aliphatic rings. The van der Waals surface area contributed by atoms with E-state index in [1.165, 1.54) is 0 Å². The summed E-state index contributed by atoms with van der Waals surface area (Å²) in [6.45, 7) is 1.95. The molecule has 0 aliphatic carbocycles. The number of benzene rings is 1. The average molecular weight is 322 g/mol. The van der Waals surface area contributed by atoms with Gasteiger partial charge in [-0.2, -0.15) is 5.10 Å². The van der Waals surface area contributed by atoms with E-state index in [-0.39, 0.29) is 18.7 Å². The van der Waals surface area contributed by atoms with E-state index in [0.29, 0.717) is 17.1 Å². The van der Waals surface area contributed by atoms with E-state index in [2.05, 4.69) is 10.4 Å². The Labute approximate surface area is 132 Å². The Morgan fingerprint density at radius 1 is 1.36 bits per heavy atom. The first-order valence-corrected chi connectivity index (χ1v) is 7.23. The Kier molecular flexibility index (Phi) is 5.16. The van der Waals surface area contributed by atoms with Gasteiger partial charge in [-0.25, -0.2) is 4.68 Å². The van der Waals surface area contributed by atoms with Crippen molar-refractivity contribution >= 4 is 29.2 Å². The van der Waals surface area contributed by atoms with E-state index in [1.807, 2.05) is 19.1 Å². The number of amides is 1. The fourth-order valence-corrected chi connectivity index (χ4v) is 2.27. The fourth-order valence-electron chi connectivity index (χ4n) is 2.08. The number of carboxylic acids is 1. The molecule has 0 fully saturated rings. The molecule has 0 saturated heterocycles. The van der Waals surface area contributed by atoms with Crippen LogP contribution < -0.4 is 5.32 Å². The maximum absolute atomic E-state index is 11.8. The minimum Gasteiger partial charge on any atom is -0.481 e. The molecule has 116 valence electrons. The third kappa shape index (κ3) is 3.85. The number of carbonyl (C=O) groups is 2. The summed E-state index contributed by atoms with van der Waals surface area (Å²) in [4.78, 5) is 22.2. The zero-order chi connectivity index (χ0) is 16.1. The fraction of sp³-hybridized carbons (Fsp3) is 0.267. The van der Waals surface area contributed by atoms with E-state index in [4.69, 9.17) is 16.7 Å². The molecule has 0 aliphatic heterocycles. The Bertz CT molecular complexity index is 697. The first-order chi connectivity index (χ1) is 10.5. The van der Waals surface area contributed by atoms with Crippen molar-refractivity contribution in [1.82, 2.24) is 9.78 Å². The molecule has 0 bridgehead atoms. The molecular weight excluding hydrogens is 306 g/mol. The van der Waals surface area contributed by atoms with E-state index in [1.54, 1.807) is 23.0 Å². The summed E-state index contributed by atoms with van der Waals surface area (Å²) in [6.07, 6.45) is 1.94. The minimum atomic E-state index is -1.000. The van der Waals surface area contributed by atoms with Gasteiger partial charge in [0.05, 0.1) is 29.7 Å². The lowest BCUT2D eigenvalue weighted by Gasteiger charge is -2.09. The lowest BCUT2D eigenvalue weighted by atomic mass is 10.2. The second-order valence-electron chi connectivity index (χ2n) is 4.69. The number of hydrogen-bond acceptors (Lipinski definition) is 3. The number of rotatable bonds is 6. The monoisotopic (exact) mass is 321 g/mol. The molecule has 2 rings (SSSR count). The zero-order valence-electron chi connectivity index (χ0n) is 12.0. The molecule has 0 spiro atoms. The molecule has 1 heterocycles. The molecule has 22 heavy (non-hydrogen) atoms. The van der Waals surface area contributed by atoms with Crippen molar-refractivity contribution in [2.24, 2.45) is 0 Å². The largest absolute Gasteiger partial charge is 0.481 e. The van der Waals surface area contributed by atoms with Gasteiger partial charge in [0.1, 0.15) is 0 Å². The van der Waals surface area contributed by atoms with Gasteiger partial charge in [-0.1, -0.05) is 24.6 Å². The van der Waals surface area contributed by atoms with Crippen molar-refractivity contribution in [2.75, 3.05) is 5.32 Å². The molecule has 0 radical (unpaired) electrons. The number of hydrogen-bond donors (Lipinski definition) is 2. The maximum atomic E-state index is 11.8. The quantitative estimate of drug-likeness (QED) is 0.856. The predicted octanol–water partition coefficient (Wildman–Crippen LogP) is 2.89. The van der Waals surface area contributed by atoms with Crippen LogP contribution in [0.1, 0.15) is 25.5 Å². The van der Waals surface area contributed by atoms with Crippen LogP contribution in [0.3, 0.4) is 0 Å². The van der Waals surface area contributed by atoms with Crippen LogP contribution in [-0.4, -0.2) is 26.8 Å². The van der Waals surface area contributed by atoms with E-state index in [9.17, 15) is 9.59 Å². The summed E-state index contributed by atoms with van der Waals surface area (Å²) >= 11 is 5.99. The van der Waals surface area contributed by atoms with E-state index in [0.717, 1.165) is 11.4 Å². The summed E-state index contributed by atoms with van der Waals surface area (Å²) in [5.74, 6) is -1.34. The number of anilines is 1.